The standard InChI is InChI=1S/C13H23NO5/c1-12(2,3)19-11(17)14-8-6-5-7-13(14,9-15)10(16)18-4/h15H,5-9H2,1-4H3. The van der Waals surface area contributed by atoms with Crippen molar-refractivity contribution in [2.45, 2.75) is 51.2 Å². The predicted octanol–water partition coefficient (Wildman–Crippen LogP) is 1.31. The number of carbonyl (C=O) groups excluding carboxylic acids is 2. The van der Waals surface area contributed by atoms with Gasteiger partial charge in [0.05, 0.1) is 13.7 Å². The third kappa shape index (κ3) is 3.37. The van der Waals surface area contributed by atoms with Gasteiger partial charge in [0.25, 0.3) is 0 Å². The number of hydrogen-bond acceptors (Lipinski definition) is 5. The predicted molar refractivity (Wildman–Crippen MR) is 68.6 cm³/mol. The van der Waals surface area contributed by atoms with Crippen LogP contribution in [0.2, 0.25) is 0 Å². The van der Waals surface area contributed by atoms with Crippen LogP contribution in [0.3, 0.4) is 0 Å². The maximum Gasteiger partial charge on any atom is 0.411 e. The van der Waals surface area contributed by atoms with Gasteiger partial charge in [0.2, 0.25) is 0 Å². The highest BCUT2D eigenvalue weighted by Crippen LogP contribution is 2.30. The summed E-state index contributed by atoms with van der Waals surface area (Å²) in [4.78, 5) is 25.5. The Kier molecular flexibility index (Phi) is 4.79. The van der Waals surface area contributed by atoms with E-state index in [-0.39, 0.29) is 0 Å². The number of methoxy groups -OCH3 is 1. The smallest absolute Gasteiger partial charge is 0.411 e. The first-order valence-corrected chi connectivity index (χ1v) is 6.47. The summed E-state index contributed by atoms with van der Waals surface area (Å²) >= 11 is 0. The van der Waals surface area contributed by atoms with Gasteiger partial charge in [0.1, 0.15) is 5.60 Å². The Labute approximate surface area is 113 Å². The number of rotatable bonds is 2. The van der Waals surface area contributed by atoms with E-state index in [9.17, 15) is 14.7 Å². The Morgan fingerprint density at radius 3 is 2.42 bits per heavy atom. The highest BCUT2D eigenvalue weighted by atomic mass is 16.6. The molecule has 110 valence electrons. The monoisotopic (exact) mass is 273 g/mol. The van der Waals surface area contributed by atoms with E-state index in [0.717, 1.165) is 12.8 Å². The average Bonchev–Trinajstić information content (AvgIpc) is 2.35. The number of carbonyl (C=O) groups is 2. The number of likely N-dealkylation sites (tertiary alicyclic amines) is 1. The van der Waals surface area contributed by atoms with Crippen molar-refractivity contribution in [1.82, 2.24) is 4.90 Å². The highest BCUT2D eigenvalue weighted by molar-refractivity contribution is 5.86. The van der Waals surface area contributed by atoms with Crippen molar-refractivity contribution < 1.29 is 24.2 Å². The molecular formula is C13H23NO5. The van der Waals surface area contributed by atoms with Crippen molar-refractivity contribution in [1.29, 1.82) is 0 Å². The lowest BCUT2D eigenvalue weighted by Gasteiger charge is -2.43. The van der Waals surface area contributed by atoms with Gasteiger partial charge < -0.3 is 14.6 Å². The maximum atomic E-state index is 12.2. The molecule has 0 aromatic carbocycles. The van der Waals surface area contributed by atoms with Crippen molar-refractivity contribution in [2.75, 3.05) is 20.3 Å². The van der Waals surface area contributed by atoms with Gasteiger partial charge in [-0.05, 0) is 40.0 Å². The summed E-state index contributed by atoms with van der Waals surface area (Å²) in [5.41, 5.74) is -1.96. The molecule has 0 aromatic heterocycles. The average molecular weight is 273 g/mol. The normalized spacial score (nSPS) is 23.9. The van der Waals surface area contributed by atoms with Gasteiger partial charge in [0, 0.05) is 6.54 Å². The van der Waals surface area contributed by atoms with Crippen LogP contribution in [0, 0.1) is 0 Å². The van der Waals surface area contributed by atoms with Crippen LogP contribution in [0.5, 0.6) is 0 Å². The molecule has 1 saturated heterocycles. The number of esters is 1. The molecule has 1 aliphatic heterocycles. The number of piperidine rings is 1. The van der Waals surface area contributed by atoms with E-state index in [1.54, 1.807) is 20.8 Å². The van der Waals surface area contributed by atoms with Crippen LogP contribution in [0.1, 0.15) is 40.0 Å². The summed E-state index contributed by atoms with van der Waals surface area (Å²) in [6.07, 6.45) is 1.33. The van der Waals surface area contributed by atoms with Gasteiger partial charge >= 0.3 is 12.1 Å². The Morgan fingerprint density at radius 2 is 1.95 bits per heavy atom. The number of nitrogens with zero attached hydrogens (tertiary/aromatic N) is 1. The van der Waals surface area contributed by atoms with Crippen LogP contribution in [-0.2, 0) is 14.3 Å². The lowest BCUT2D eigenvalue weighted by molar-refractivity contribution is -0.160. The van der Waals surface area contributed by atoms with Gasteiger partial charge in [0.15, 0.2) is 5.54 Å². The zero-order valence-electron chi connectivity index (χ0n) is 12.1. The fraction of sp³-hybridized carbons (Fsp3) is 0.846. The van der Waals surface area contributed by atoms with Crippen molar-refractivity contribution in [3.05, 3.63) is 0 Å². The molecule has 1 heterocycles. The molecule has 1 atom stereocenters. The van der Waals surface area contributed by atoms with Crippen molar-refractivity contribution >= 4 is 12.1 Å². The van der Waals surface area contributed by atoms with E-state index < -0.39 is 29.8 Å². The van der Waals surface area contributed by atoms with Gasteiger partial charge in [-0.2, -0.15) is 0 Å². The molecule has 0 spiro atoms. The van der Waals surface area contributed by atoms with Crippen LogP contribution in [-0.4, -0.2) is 53.5 Å². The second kappa shape index (κ2) is 5.77. The van der Waals surface area contributed by atoms with Crippen molar-refractivity contribution in [3.8, 4) is 0 Å². The second-order valence-electron chi connectivity index (χ2n) is 5.77. The molecule has 1 N–H and O–H groups in total. The lowest BCUT2D eigenvalue weighted by atomic mass is 9.87. The fourth-order valence-electron chi connectivity index (χ4n) is 2.25. The number of hydrogen-bond donors (Lipinski definition) is 1. The van der Waals surface area contributed by atoms with E-state index in [4.69, 9.17) is 9.47 Å². The molecular weight excluding hydrogens is 250 g/mol. The number of ether oxygens (including phenoxy) is 2. The quantitative estimate of drug-likeness (QED) is 0.768. The van der Waals surface area contributed by atoms with Gasteiger partial charge in [-0.3, -0.25) is 4.90 Å². The number of aliphatic hydroxyl groups is 1. The molecule has 6 heteroatoms. The fourth-order valence-corrected chi connectivity index (χ4v) is 2.25. The zero-order chi connectivity index (χ0) is 14.7. The van der Waals surface area contributed by atoms with Gasteiger partial charge in [-0.1, -0.05) is 0 Å². The van der Waals surface area contributed by atoms with Crippen LogP contribution >= 0.6 is 0 Å². The molecule has 0 aromatic rings. The van der Waals surface area contributed by atoms with E-state index in [1.165, 1.54) is 12.0 Å². The molecule has 0 saturated carbocycles. The van der Waals surface area contributed by atoms with Gasteiger partial charge in [-0.15, -0.1) is 0 Å². The van der Waals surface area contributed by atoms with Crippen LogP contribution in [0.4, 0.5) is 4.79 Å². The molecule has 1 aliphatic rings. The molecule has 19 heavy (non-hydrogen) atoms. The molecule has 1 amide bonds. The van der Waals surface area contributed by atoms with E-state index >= 15 is 0 Å². The summed E-state index contributed by atoms with van der Waals surface area (Å²) in [5, 5.41) is 9.61. The molecule has 0 aliphatic carbocycles. The van der Waals surface area contributed by atoms with Crippen molar-refractivity contribution in [2.24, 2.45) is 0 Å². The Balaban J connectivity index is 2.99. The Hall–Kier alpha value is -1.30. The Bertz CT molecular complexity index is 349. The topological polar surface area (TPSA) is 76.1 Å². The summed E-state index contributed by atoms with van der Waals surface area (Å²) < 4.78 is 10.0. The number of amides is 1. The summed E-state index contributed by atoms with van der Waals surface area (Å²) in [6, 6.07) is 0. The third-order valence-electron chi connectivity index (χ3n) is 3.18. The highest BCUT2D eigenvalue weighted by Gasteiger charge is 2.49. The van der Waals surface area contributed by atoms with Gasteiger partial charge in [-0.25, -0.2) is 9.59 Å². The maximum absolute atomic E-state index is 12.2. The molecule has 0 radical (unpaired) electrons. The van der Waals surface area contributed by atoms with Crippen molar-refractivity contribution in [3.63, 3.8) is 0 Å². The van der Waals surface area contributed by atoms with Crippen LogP contribution < -0.4 is 0 Å². The summed E-state index contributed by atoms with van der Waals surface area (Å²) in [6.45, 7) is 5.19. The minimum atomic E-state index is -1.31. The first-order chi connectivity index (χ1) is 8.77. The molecule has 0 bridgehead atoms. The third-order valence-corrected chi connectivity index (χ3v) is 3.18. The largest absolute Gasteiger partial charge is 0.467 e. The first kappa shape index (κ1) is 15.8. The first-order valence-electron chi connectivity index (χ1n) is 6.47. The number of aliphatic hydroxyl groups excluding tert-OH is 1. The molecule has 1 fully saturated rings. The van der Waals surface area contributed by atoms with Crippen LogP contribution in [0.15, 0.2) is 0 Å². The van der Waals surface area contributed by atoms with E-state index in [0.29, 0.717) is 13.0 Å². The zero-order valence-corrected chi connectivity index (χ0v) is 12.1. The molecule has 6 nitrogen and oxygen atoms in total. The second-order valence-corrected chi connectivity index (χ2v) is 5.77. The summed E-state index contributed by atoms with van der Waals surface area (Å²) in [5.74, 6) is -0.597. The molecule has 1 rings (SSSR count). The minimum absolute atomic E-state index is 0.380. The van der Waals surface area contributed by atoms with Crippen LogP contribution in [0.25, 0.3) is 0 Å². The van der Waals surface area contributed by atoms with E-state index in [1.807, 2.05) is 0 Å². The summed E-state index contributed by atoms with van der Waals surface area (Å²) in [7, 11) is 1.25. The lowest BCUT2D eigenvalue weighted by Crippen LogP contribution is -2.62. The molecule has 1 unspecified atom stereocenters. The van der Waals surface area contributed by atoms with E-state index in [2.05, 4.69) is 0 Å². The SMILES string of the molecule is COC(=O)C1(CO)CCCCN1C(=O)OC(C)(C)C. The minimum Gasteiger partial charge on any atom is -0.467 e. The Morgan fingerprint density at radius 1 is 1.32 bits per heavy atom.